The number of carbonyl (C=O) groups is 1. The summed E-state index contributed by atoms with van der Waals surface area (Å²) in [6, 6.07) is 12.4. The normalized spacial score (nSPS) is 17.2. The first-order valence-corrected chi connectivity index (χ1v) is 9.64. The highest BCUT2D eigenvalue weighted by Crippen LogP contribution is 2.22. The molecule has 1 aliphatic rings. The summed E-state index contributed by atoms with van der Waals surface area (Å²) in [7, 11) is 0. The van der Waals surface area contributed by atoms with Crippen molar-refractivity contribution in [3.8, 4) is 0 Å². The number of rotatable bonds is 6. The van der Waals surface area contributed by atoms with Gasteiger partial charge in [0.15, 0.2) is 0 Å². The van der Waals surface area contributed by atoms with E-state index >= 15 is 0 Å². The first kappa shape index (κ1) is 17.5. The summed E-state index contributed by atoms with van der Waals surface area (Å²) in [6.45, 7) is 2.35. The lowest BCUT2D eigenvalue weighted by Gasteiger charge is -2.35. The minimum absolute atomic E-state index is 0.0967. The number of aryl methyl sites for hydroxylation is 1. The first-order valence-electron chi connectivity index (χ1n) is 9.64. The van der Waals surface area contributed by atoms with Gasteiger partial charge in [0.25, 0.3) is 5.91 Å². The van der Waals surface area contributed by atoms with Gasteiger partial charge in [-0.2, -0.15) is 10.2 Å². The Morgan fingerprint density at radius 2 is 1.96 bits per heavy atom. The van der Waals surface area contributed by atoms with Crippen LogP contribution in [0.1, 0.15) is 41.6 Å². The van der Waals surface area contributed by atoms with Crippen LogP contribution in [0.15, 0.2) is 61.2 Å². The van der Waals surface area contributed by atoms with Crippen LogP contribution in [-0.4, -0.2) is 43.0 Å². The van der Waals surface area contributed by atoms with E-state index in [2.05, 4.69) is 22.3 Å². The minimum atomic E-state index is 0.0967. The lowest BCUT2D eigenvalue weighted by molar-refractivity contribution is 0.0594. The summed E-state index contributed by atoms with van der Waals surface area (Å²) in [5, 5.41) is 8.67. The molecule has 1 amide bonds. The van der Waals surface area contributed by atoms with Crippen LogP contribution in [0, 0.1) is 0 Å². The SMILES string of the molecule is O=C(c1cnn(Cc2ccccc2)c1)N1CCCC[C@@H]1CCn1cccn1. The Hall–Kier alpha value is -2.89. The third-order valence-electron chi connectivity index (χ3n) is 5.21. The van der Waals surface area contributed by atoms with Gasteiger partial charge in [-0.3, -0.25) is 14.2 Å². The maximum Gasteiger partial charge on any atom is 0.257 e. The Bertz CT molecular complexity index is 856. The van der Waals surface area contributed by atoms with E-state index in [4.69, 9.17) is 0 Å². The van der Waals surface area contributed by atoms with Crippen LogP contribution in [0.5, 0.6) is 0 Å². The topological polar surface area (TPSA) is 56.0 Å². The van der Waals surface area contributed by atoms with Crippen molar-refractivity contribution >= 4 is 5.91 Å². The molecule has 0 saturated carbocycles. The fourth-order valence-electron chi connectivity index (χ4n) is 3.78. The van der Waals surface area contributed by atoms with Crippen molar-refractivity contribution in [2.45, 2.75) is 44.8 Å². The molecule has 0 aliphatic carbocycles. The quantitative estimate of drug-likeness (QED) is 0.676. The van der Waals surface area contributed by atoms with Crippen LogP contribution in [0.2, 0.25) is 0 Å². The number of hydrogen-bond donors (Lipinski definition) is 0. The van der Waals surface area contributed by atoms with E-state index in [9.17, 15) is 4.79 Å². The summed E-state index contributed by atoms with van der Waals surface area (Å²) in [4.78, 5) is 15.1. The van der Waals surface area contributed by atoms with Crippen molar-refractivity contribution in [2.75, 3.05) is 6.54 Å². The number of hydrogen-bond acceptors (Lipinski definition) is 3. The van der Waals surface area contributed by atoms with Gasteiger partial charge in [0.2, 0.25) is 0 Å². The Morgan fingerprint density at radius 1 is 1.07 bits per heavy atom. The van der Waals surface area contributed by atoms with Crippen LogP contribution in [0.3, 0.4) is 0 Å². The van der Waals surface area contributed by atoms with Crippen molar-refractivity contribution in [3.05, 3.63) is 72.3 Å². The van der Waals surface area contributed by atoms with Gasteiger partial charge < -0.3 is 4.90 Å². The monoisotopic (exact) mass is 363 g/mol. The Labute approximate surface area is 159 Å². The third kappa shape index (κ3) is 4.27. The van der Waals surface area contributed by atoms with Gasteiger partial charge in [-0.25, -0.2) is 0 Å². The van der Waals surface area contributed by atoms with E-state index in [-0.39, 0.29) is 11.9 Å². The first-order chi connectivity index (χ1) is 13.3. The van der Waals surface area contributed by atoms with Crippen LogP contribution in [0.4, 0.5) is 0 Å². The lowest BCUT2D eigenvalue weighted by atomic mass is 9.98. The molecule has 1 aliphatic heterocycles. The highest BCUT2D eigenvalue weighted by atomic mass is 16.2. The third-order valence-corrected chi connectivity index (χ3v) is 5.21. The van der Waals surface area contributed by atoms with Crippen molar-refractivity contribution < 1.29 is 4.79 Å². The number of amides is 1. The molecule has 140 valence electrons. The molecule has 27 heavy (non-hydrogen) atoms. The molecule has 3 heterocycles. The highest BCUT2D eigenvalue weighted by molar-refractivity contribution is 5.94. The molecule has 1 fully saturated rings. The zero-order chi connectivity index (χ0) is 18.5. The summed E-state index contributed by atoms with van der Waals surface area (Å²) < 4.78 is 3.78. The van der Waals surface area contributed by atoms with Crippen LogP contribution >= 0.6 is 0 Å². The zero-order valence-corrected chi connectivity index (χ0v) is 15.4. The molecular weight excluding hydrogens is 338 g/mol. The Kier molecular flexibility index (Phi) is 5.32. The zero-order valence-electron chi connectivity index (χ0n) is 15.4. The van der Waals surface area contributed by atoms with Gasteiger partial charge in [0, 0.05) is 37.7 Å². The second kappa shape index (κ2) is 8.20. The molecule has 1 atom stereocenters. The number of benzene rings is 1. The van der Waals surface area contributed by atoms with E-state index in [1.807, 2.05) is 50.9 Å². The summed E-state index contributed by atoms with van der Waals surface area (Å²) in [6.07, 6.45) is 11.6. The van der Waals surface area contributed by atoms with Crippen molar-refractivity contribution in [1.29, 1.82) is 0 Å². The molecule has 0 radical (unpaired) electrons. The van der Waals surface area contributed by atoms with E-state index in [0.717, 1.165) is 32.4 Å². The highest BCUT2D eigenvalue weighted by Gasteiger charge is 2.28. The van der Waals surface area contributed by atoms with Gasteiger partial charge >= 0.3 is 0 Å². The molecule has 3 aromatic rings. The van der Waals surface area contributed by atoms with Crippen LogP contribution in [0.25, 0.3) is 0 Å². The predicted molar refractivity (Wildman–Crippen MR) is 103 cm³/mol. The second-order valence-corrected chi connectivity index (χ2v) is 7.12. The lowest BCUT2D eigenvalue weighted by Crippen LogP contribution is -2.44. The molecule has 4 rings (SSSR count). The van der Waals surface area contributed by atoms with E-state index in [1.165, 1.54) is 12.0 Å². The standard InChI is InChI=1S/C21H25N5O/c27-21(19-15-23-25(17-19)16-18-7-2-1-3-8-18)26-13-5-4-9-20(26)10-14-24-12-6-11-22-24/h1-3,6-8,11-12,15,17,20H,4-5,9-10,13-14,16H2/t20-/m1/s1. The number of carbonyl (C=O) groups excluding carboxylic acids is 1. The molecule has 1 saturated heterocycles. The van der Waals surface area contributed by atoms with E-state index < -0.39 is 0 Å². The fourth-order valence-corrected chi connectivity index (χ4v) is 3.78. The van der Waals surface area contributed by atoms with E-state index in [0.29, 0.717) is 12.1 Å². The number of likely N-dealkylation sites (tertiary alicyclic amines) is 1. The molecule has 0 N–H and O–H groups in total. The van der Waals surface area contributed by atoms with Crippen molar-refractivity contribution in [1.82, 2.24) is 24.5 Å². The van der Waals surface area contributed by atoms with Crippen LogP contribution < -0.4 is 0 Å². The number of nitrogens with zero attached hydrogens (tertiary/aromatic N) is 5. The van der Waals surface area contributed by atoms with Gasteiger partial charge in [-0.05, 0) is 37.3 Å². The maximum absolute atomic E-state index is 13.1. The van der Waals surface area contributed by atoms with Gasteiger partial charge in [-0.1, -0.05) is 30.3 Å². The number of piperidine rings is 1. The smallest absolute Gasteiger partial charge is 0.257 e. The average Bonchev–Trinajstić information content (AvgIpc) is 3.39. The molecule has 1 aromatic carbocycles. The molecule has 0 unspecified atom stereocenters. The molecule has 0 bridgehead atoms. The minimum Gasteiger partial charge on any atom is -0.335 e. The average molecular weight is 363 g/mol. The summed E-state index contributed by atoms with van der Waals surface area (Å²) in [5.74, 6) is 0.0967. The van der Waals surface area contributed by atoms with Crippen molar-refractivity contribution in [2.24, 2.45) is 0 Å². The van der Waals surface area contributed by atoms with Crippen molar-refractivity contribution in [3.63, 3.8) is 0 Å². The summed E-state index contributed by atoms with van der Waals surface area (Å²) >= 11 is 0. The Balaban J connectivity index is 1.42. The van der Waals surface area contributed by atoms with Gasteiger partial charge in [-0.15, -0.1) is 0 Å². The van der Waals surface area contributed by atoms with Crippen LogP contribution in [-0.2, 0) is 13.1 Å². The molecule has 0 spiro atoms. The second-order valence-electron chi connectivity index (χ2n) is 7.12. The molecule has 2 aromatic heterocycles. The molecule has 6 heteroatoms. The maximum atomic E-state index is 13.1. The van der Waals surface area contributed by atoms with Gasteiger partial charge in [0.05, 0.1) is 18.3 Å². The molecule has 6 nitrogen and oxygen atoms in total. The largest absolute Gasteiger partial charge is 0.335 e. The van der Waals surface area contributed by atoms with E-state index in [1.54, 1.807) is 12.4 Å². The summed E-state index contributed by atoms with van der Waals surface area (Å²) in [5.41, 5.74) is 1.85. The predicted octanol–water partition coefficient (Wildman–Crippen LogP) is 3.21. The number of aromatic nitrogens is 4. The fraction of sp³-hybridized carbons (Fsp3) is 0.381. The Morgan fingerprint density at radius 3 is 2.78 bits per heavy atom. The molecular formula is C21H25N5O. The van der Waals surface area contributed by atoms with Gasteiger partial charge in [0.1, 0.15) is 0 Å².